The van der Waals surface area contributed by atoms with Gasteiger partial charge in [0.1, 0.15) is 0 Å². The van der Waals surface area contributed by atoms with Crippen molar-refractivity contribution in [2.75, 3.05) is 0 Å². The molecule has 0 saturated carbocycles. The largest absolute Gasteiger partial charge is 0.144 e. The molecule has 1 aliphatic rings. The Bertz CT molecular complexity index is 923. The fourth-order valence-electron chi connectivity index (χ4n) is 3.08. The fourth-order valence-corrected chi connectivity index (χ4v) is 4.73. The molecule has 22 heavy (non-hydrogen) atoms. The SMILES string of the molecule is c1csc(C(=C2c3cc4ccccc4cc32)c2cccs2)c1. The van der Waals surface area contributed by atoms with Crippen molar-refractivity contribution in [3.05, 3.63) is 92.3 Å². The van der Waals surface area contributed by atoms with Crippen LogP contribution in [-0.4, -0.2) is 0 Å². The molecule has 0 spiro atoms. The van der Waals surface area contributed by atoms with E-state index in [-0.39, 0.29) is 0 Å². The van der Waals surface area contributed by atoms with Crippen LogP contribution in [0.4, 0.5) is 0 Å². The number of rotatable bonds is 2. The Morgan fingerprint density at radius 2 is 1.18 bits per heavy atom. The van der Waals surface area contributed by atoms with Gasteiger partial charge in [0.25, 0.3) is 0 Å². The molecule has 0 aliphatic heterocycles. The van der Waals surface area contributed by atoms with E-state index in [0.29, 0.717) is 0 Å². The first-order chi connectivity index (χ1) is 10.9. The monoisotopic (exact) mass is 316 g/mol. The molecule has 4 aromatic rings. The third-order valence-corrected chi connectivity index (χ3v) is 5.92. The summed E-state index contributed by atoms with van der Waals surface area (Å²) in [7, 11) is 0. The van der Waals surface area contributed by atoms with Gasteiger partial charge in [-0.2, -0.15) is 0 Å². The molecule has 0 fully saturated rings. The smallest absolute Gasteiger partial charge is 0.0363 e. The van der Waals surface area contributed by atoms with Gasteiger partial charge in [0.2, 0.25) is 0 Å². The van der Waals surface area contributed by atoms with Crippen molar-refractivity contribution in [1.29, 1.82) is 0 Å². The topological polar surface area (TPSA) is 0 Å². The zero-order chi connectivity index (χ0) is 14.5. The van der Waals surface area contributed by atoms with Crippen LogP contribution < -0.4 is 0 Å². The number of benzene rings is 2. The molecule has 1 aliphatic carbocycles. The molecule has 2 heterocycles. The van der Waals surface area contributed by atoms with Crippen LogP contribution in [0.1, 0.15) is 20.9 Å². The van der Waals surface area contributed by atoms with Crippen molar-refractivity contribution >= 4 is 44.6 Å². The molecule has 0 saturated heterocycles. The van der Waals surface area contributed by atoms with E-state index in [1.165, 1.54) is 42.8 Å². The lowest BCUT2D eigenvalue weighted by molar-refractivity contribution is 1.78. The normalized spacial score (nSPS) is 12.5. The maximum Gasteiger partial charge on any atom is 0.0363 e. The fraction of sp³-hybridized carbons (Fsp3) is 0. The van der Waals surface area contributed by atoms with Crippen molar-refractivity contribution in [1.82, 2.24) is 0 Å². The summed E-state index contributed by atoms with van der Waals surface area (Å²) in [4.78, 5) is 2.72. The van der Waals surface area contributed by atoms with Crippen LogP contribution in [0.25, 0.3) is 21.9 Å². The van der Waals surface area contributed by atoms with Crippen LogP contribution in [0, 0.1) is 0 Å². The van der Waals surface area contributed by atoms with Crippen LogP contribution in [0.5, 0.6) is 0 Å². The van der Waals surface area contributed by atoms with Gasteiger partial charge in [-0.1, -0.05) is 36.4 Å². The van der Waals surface area contributed by atoms with E-state index in [0.717, 1.165) is 0 Å². The highest BCUT2D eigenvalue weighted by Gasteiger charge is 2.31. The Morgan fingerprint density at radius 1 is 0.636 bits per heavy atom. The van der Waals surface area contributed by atoms with Crippen molar-refractivity contribution in [2.45, 2.75) is 0 Å². The summed E-state index contributed by atoms with van der Waals surface area (Å²) in [5, 5.41) is 6.97. The van der Waals surface area contributed by atoms with Gasteiger partial charge >= 0.3 is 0 Å². The molecule has 0 bridgehead atoms. The Morgan fingerprint density at radius 3 is 1.64 bits per heavy atom. The average molecular weight is 316 g/mol. The third kappa shape index (κ3) is 1.81. The van der Waals surface area contributed by atoms with Crippen molar-refractivity contribution in [2.24, 2.45) is 0 Å². The van der Waals surface area contributed by atoms with Crippen LogP contribution in [0.2, 0.25) is 0 Å². The van der Waals surface area contributed by atoms with E-state index in [1.54, 1.807) is 0 Å². The molecule has 2 aromatic carbocycles. The van der Waals surface area contributed by atoms with Gasteiger partial charge in [0.15, 0.2) is 0 Å². The third-order valence-electron chi connectivity index (χ3n) is 4.15. The second-order valence-electron chi connectivity index (χ2n) is 5.45. The molecular weight excluding hydrogens is 304 g/mol. The second kappa shape index (κ2) is 4.67. The summed E-state index contributed by atoms with van der Waals surface area (Å²) in [5.74, 6) is 0. The van der Waals surface area contributed by atoms with Crippen LogP contribution >= 0.6 is 22.7 Å². The molecule has 0 radical (unpaired) electrons. The van der Waals surface area contributed by atoms with E-state index in [1.807, 2.05) is 22.7 Å². The van der Waals surface area contributed by atoms with E-state index in [9.17, 15) is 0 Å². The molecule has 0 amide bonds. The van der Waals surface area contributed by atoms with Crippen LogP contribution in [-0.2, 0) is 0 Å². The van der Waals surface area contributed by atoms with Gasteiger partial charge < -0.3 is 0 Å². The first-order valence-corrected chi connectivity index (χ1v) is 9.03. The predicted molar refractivity (Wildman–Crippen MR) is 97.6 cm³/mol. The maximum atomic E-state index is 2.33. The Balaban J connectivity index is 1.78. The summed E-state index contributed by atoms with van der Waals surface area (Å²) in [6.45, 7) is 0. The second-order valence-corrected chi connectivity index (χ2v) is 7.34. The van der Waals surface area contributed by atoms with E-state index in [4.69, 9.17) is 0 Å². The first kappa shape index (κ1) is 12.4. The zero-order valence-electron chi connectivity index (χ0n) is 11.7. The Kier molecular flexibility index (Phi) is 2.63. The predicted octanol–water partition coefficient (Wildman–Crippen LogP) is 6.28. The summed E-state index contributed by atoms with van der Waals surface area (Å²) < 4.78 is 0. The summed E-state index contributed by atoms with van der Waals surface area (Å²) in [6, 6.07) is 22.0. The minimum Gasteiger partial charge on any atom is -0.144 e. The molecule has 2 heteroatoms. The lowest BCUT2D eigenvalue weighted by Crippen LogP contribution is -1.79. The highest BCUT2D eigenvalue weighted by molar-refractivity contribution is 7.14. The van der Waals surface area contributed by atoms with Crippen LogP contribution in [0.3, 0.4) is 0 Å². The van der Waals surface area contributed by atoms with E-state index < -0.39 is 0 Å². The average Bonchev–Trinajstić information content (AvgIpc) is 2.99. The highest BCUT2D eigenvalue weighted by atomic mass is 32.1. The Hall–Kier alpha value is -2.16. The summed E-state index contributed by atoms with van der Waals surface area (Å²) in [5.41, 5.74) is 5.66. The van der Waals surface area contributed by atoms with Gasteiger partial charge in [-0.15, -0.1) is 22.7 Å². The molecule has 2 aromatic heterocycles. The number of fused-ring (bicyclic) bond motifs is 2. The lowest BCUT2D eigenvalue weighted by atomic mass is 10.1. The molecular formula is C20H12S2. The minimum absolute atomic E-state index is 1.33. The molecule has 0 nitrogen and oxygen atoms in total. The van der Waals surface area contributed by atoms with Gasteiger partial charge in [-0.25, -0.2) is 0 Å². The van der Waals surface area contributed by atoms with Gasteiger partial charge in [0, 0.05) is 20.9 Å². The molecule has 5 rings (SSSR count). The quantitative estimate of drug-likeness (QED) is 0.359. The van der Waals surface area contributed by atoms with Crippen LogP contribution in [0.15, 0.2) is 71.4 Å². The van der Waals surface area contributed by atoms with Crippen molar-refractivity contribution in [3.63, 3.8) is 0 Å². The van der Waals surface area contributed by atoms with Crippen molar-refractivity contribution in [3.8, 4) is 0 Å². The van der Waals surface area contributed by atoms with Gasteiger partial charge in [-0.3, -0.25) is 0 Å². The van der Waals surface area contributed by atoms with E-state index >= 15 is 0 Å². The minimum atomic E-state index is 1.33. The summed E-state index contributed by atoms with van der Waals surface area (Å²) in [6.07, 6.45) is 0. The molecule has 104 valence electrons. The zero-order valence-corrected chi connectivity index (χ0v) is 13.4. The van der Waals surface area contributed by atoms with E-state index in [2.05, 4.69) is 71.4 Å². The Labute approximate surface area is 137 Å². The number of hydrogen-bond donors (Lipinski definition) is 0. The maximum absolute atomic E-state index is 2.33. The van der Waals surface area contributed by atoms with Gasteiger partial charge in [-0.05, 0) is 56.9 Å². The molecule has 0 N–H and O–H groups in total. The number of thiophene rings is 2. The highest BCUT2D eigenvalue weighted by Crippen LogP contribution is 2.52. The molecule has 0 atom stereocenters. The van der Waals surface area contributed by atoms with Crippen molar-refractivity contribution < 1.29 is 0 Å². The first-order valence-electron chi connectivity index (χ1n) is 7.27. The van der Waals surface area contributed by atoms with Gasteiger partial charge in [0.05, 0.1) is 0 Å². The molecule has 0 unspecified atom stereocenters. The summed E-state index contributed by atoms with van der Waals surface area (Å²) >= 11 is 3.64. The number of hydrogen-bond acceptors (Lipinski definition) is 2. The standard InChI is InChI=1S/C20H12S2/c1-2-6-14-12-16-15(11-13(14)5-1)19(16)20(17-7-3-9-21-17)18-8-4-10-22-18/h1-12H. The lowest BCUT2D eigenvalue weighted by Gasteiger charge is -2.01.